The molecule has 1 aromatic carbocycles. The van der Waals surface area contributed by atoms with Gasteiger partial charge >= 0.3 is 0 Å². The Kier molecular flexibility index (Phi) is 4.13. The van der Waals surface area contributed by atoms with Crippen LogP contribution in [0.5, 0.6) is 0 Å². The highest BCUT2D eigenvalue weighted by atomic mass is 16.3. The fourth-order valence-electron chi connectivity index (χ4n) is 1.22. The summed E-state index contributed by atoms with van der Waals surface area (Å²) in [6.07, 6.45) is 1.80. The third-order valence-electron chi connectivity index (χ3n) is 1.88. The lowest BCUT2D eigenvalue weighted by Crippen LogP contribution is -2.10. The highest BCUT2D eigenvalue weighted by molar-refractivity contribution is 5.87. The molecule has 0 spiro atoms. The Morgan fingerprint density at radius 1 is 1.36 bits per heavy atom. The quantitative estimate of drug-likeness (QED) is 0.727. The fraction of sp³-hybridized carbons (Fsp3) is 0.364. The molecule has 3 heteroatoms. The monoisotopic (exact) mass is 192 g/mol. The summed E-state index contributed by atoms with van der Waals surface area (Å²) < 4.78 is 0. The molecule has 0 amide bonds. The molecule has 0 aliphatic rings. The summed E-state index contributed by atoms with van der Waals surface area (Å²) in [4.78, 5) is 6.14. The summed E-state index contributed by atoms with van der Waals surface area (Å²) in [5.74, 6) is 0. The molecule has 0 heterocycles. The van der Waals surface area contributed by atoms with Gasteiger partial charge in [-0.15, -0.1) is 0 Å². The Labute approximate surface area is 84.7 Å². The van der Waals surface area contributed by atoms with Crippen molar-refractivity contribution >= 4 is 11.9 Å². The van der Waals surface area contributed by atoms with Crippen LogP contribution >= 0.6 is 0 Å². The number of aliphatic hydroxyl groups is 1. The third-order valence-corrected chi connectivity index (χ3v) is 1.88. The van der Waals surface area contributed by atoms with Crippen LogP contribution in [0, 0.1) is 0 Å². The lowest BCUT2D eigenvalue weighted by Gasteiger charge is -2.14. The summed E-state index contributed by atoms with van der Waals surface area (Å²) in [6.45, 7) is 0.558. The summed E-state index contributed by atoms with van der Waals surface area (Å²) in [5.41, 5.74) is 2.21. The second-order valence-electron chi connectivity index (χ2n) is 3.21. The van der Waals surface area contributed by atoms with Crippen LogP contribution in [0.4, 0.5) is 5.69 Å². The summed E-state index contributed by atoms with van der Waals surface area (Å²) in [6, 6.07) is 8.03. The number of hydrogen-bond acceptors (Lipinski definition) is 3. The van der Waals surface area contributed by atoms with Gasteiger partial charge in [0.05, 0.1) is 13.2 Å². The van der Waals surface area contributed by atoms with Crippen LogP contribution < -0.4 is 4.90 Å². The number of para-hydroxylation sites is 1. The second kappa shape index (κ2) is 5.40. The largest absolute Gasteiger partial charge is 0.394 e. The Balaban J connectivity index is 2.84. The van der Waals surface area contributed by atoms with Gasteiger partial charge < -0.3 is 10.0 Å². The van der Waals surface area contributed by atoms with Gasteiger partial charge in [-0.2, -0.15) is 0 Å². The fourth-order valence-corrected chi connectivity index (χ4v) is 1.22. The molecule has 0 atom stereocenters. The van der Waals surface area contributed by atoms with Gasteiger partial charge in [-0.1, -0.05) is 18.2 Å². The number of hydrogen-bond donors (Lipinski definition) is 1. The van der Waals surface area contributed by atoms with E-state index >= 15 is 0 Å². The Hall–Kier alpha value is -1.35. The van der Waals surface area contributed by atoms with Gasteiger partial charge in [0, 0.05) is 31.6 Å². The van der Waals surface area contributed by atoms with E-state index in [0.29, 0.717) is 6.54 Å². The zero-order valence-corrected chi connectivity index (χ0v) is 8.64. The van der Waals surface area contributed by atoms with E-state index in [1.807, 2.05) is 43.3 Å². The summed E-state index contributed by atoms with van der Waals surface area (Å²) in [5, 5.41) is 8.60. The van der Waals surface area contributed by atoms with Crippen molar-refractivity contribution in [3.8, 4) is 0 Å². The number of benzene rings is 1. The van der Waals surface area contributed by atoms with E-state index in [-0.39, 0.29) is 6.61 Å². The molecule has 0 radical (unpaired) electrons. The van der Waals surface area contributed by atoms with Crippen molar-refractivity contribution in [2.75, 3.05) is 32.1 Å². The molecule has 0 saturated carbocycles. The standard InChI is InChI=1S/C11H16N2O/c1-13(2)11-6-4-3-5-10(11)9-12-7-8-14/h3-6,9,14H,7-8H2,1-2H3/b12-9+. The predicted molar refractivity (Wildman–Crippen MR) is 60.3 cm³/mol. The second-order valence-corrected chi connectivity index (χ2v) is 3.21. The molecule has 0 bridgehead atoms. The van der Waals surface area contributed by atoms with Crippen molar-refractivity contribution < 1.29 is 5.11 Å². The zero-order chi connectivity index (χ0) is 10.4. The molecule has 14 heavy (non-hydrogen) atoms. The van der Waals surface area contributed by atoms with E-state index in [0.717, 1.165) is 11.3 Å². The van der Waals surface area contributed by atoms with E-state index in [2.05, 4.69) is 4.99 Å². The molecule has 0 aliphatic heterocycles. The molecule has 0 aromatic heterocycles. The predicted octanol–water partition coefficient (Wildman–Crippen LogP) is 1.16. The minimum atomic E-state index is 0.0978. The van der Waals surface area contributed by atoms with Crippen LogP contribution in [0.1, 0.15) is 5.56 Å². The molecule has 0 fully saturated rings. The third kappa shape index (κ3) is 2.85. The van der Waals surface area contributed by atoms with Crippen LogP contribution in [0.2, 0.25) is 0 Å². The smallest absolute Gasteiger partial charge is 0.0626 e. The Morgan fingerprint density at radius 2 is 2.07 bits per heavy atom. The maximum atomic E-state index is 8.60. The Bertz CT molecular complexity index is 308. The first-order valence-electron chi connectivity index (χ1n) is 4.62. The number of aliphatic hydroxyl groups excluding tert-OH is 1. The van der Waals surface area contributed by atoms with Crippen LogP contribution in [0.3, 0.4) is 0 Å². The van der Waals surface area contributed by atoms with Gasteiger partial charge in [0.1, 0.15) is 0 Å². The number of aliphatic imine (C=N–C) groups is 1. The maximum Gasteiger partial charge on any atom is 0.0626 e. The number of nitrogens with zero attached hydrogens (tertiary/aromatic N) is 2. The molecule has 76 valence electrons. The minimum absolute atomic E-state index is 0.0978. The van der Waals surface area contributed by atoms with Gasteiger partial charge in [0.15, 0.2) is 0 Å². The van der Waals surface area contributed by atoms with E-state index in [1.54, 1.807) is 6.21 Å². The molecular weight excluding hydrogens is 176 g/mol. The first-order valence-corrected chi connectivity index (χ1v) is 4.62. The highest BCUT2D eigenvalue weighted by Crippen LogP contribution is 2.15. The van der Waals surface area contributed by atoms with Crippen molar-refractivity contribution in [2.24, 2.45) is 4.99 Å². The number of rotatable bonds is 4. The van der Waals surface area contributed by atoms with Gasteiger partial charge in [0.2, 0.25) is 0 Å². The SMILES string of the molecule is CN(C)c1ccccc1/C=N/CCO. The van der Waals surface area contributed by atoms with Gasteiger partial charge in [-0.05, 0) is 6.07 Å². The summed E-state index contributed by atoms with van der Waals surface area (Å²) >= 11 is 0. The molecular formula is C11H16N2O. The average molecular weight is 192 g/mol. The number of anilines is 1. The Morgan fingerprint density at radius 3 is 2.71 bits per heavy atom. The van der Waals surface area contributed by atoms with Gasteiger partial charge in [0.25, 0.3) is 0 Å². The maximum absolute atomic E-state index is 8.60. The molecule has 1 N–H and O–H groups in total. The molecule has 0 unspecified atom stereocenters. The summed E-state index contributed by atoms with van der Waals surface area (Å²) in [7, 11) is 4.00. The van der Waals surface area contributed by atoms with Crippen molar-refractivity contribution in [1.82, 2.24) is 0 Å². The van der Waals surface area contributed by atoms with Crippen molar-refractivity contribution in [3.63, 3.8) is 0 Å². The topological polar surface area (TPSA) is 35.8 Å². The van der Waals surface area contributed by atoms with Crippen LogP contribution in [0.15, 0.2) is 29.3 Å². The van der Waals surface area contributed by atoms with E-state index < -0.39 is 0 Å². The average Bonchev–Trinajstić information content (AvgIpc) is 2.19. The first-order chi connectivity index (χ1) is 6.75. The van der Waals surface area contributed by atoms with Crippen LogP contribution in [-0.2, 0) is 0 Å². The zero-order valence-electron chi connectivity index (χ0n) is 8.64. The van der Waals surface area contributed by atoms with Crippen LogP contribution in [-0.4, -0.2) is 38.6 Å². The minimum Gasteiger partial charge on any atom is -0.394 e. The van der Waals surface area contributed by atoms with E-state index in [9.17, 15) is 0 Å². The lowest BCUT2D eigenvalue weighted by atomic mass is 10.2. The van der Waals surface area contributed by atoms with E-state index in [4.69, 9.17) is 5.11 Å². The molecule has 3 nitrogen and oxygen atoms in total. The molecule has 1 aromatic rings. The highest BCUT2D eigenvalue weighted by Gasteiger charge is 1.99. The molecule has 0 aliphatic carbocycles. The van der Waals surface area contributed by atoms with Crippen molar-refractivity contribution in [2.45, 2.75) is 0 Å². The van der Waals surface area contributed by atoms with Crippen molar-refractivity contribution in [1.29, 1.82) is 0 Å². The van der Waals surface area contributed by atoms with Gasteiger partial charge in [-0.25, -0.2) is 0 Å². The van der Waals surface area contributed by atoms with Gasteiger partial charge in [-0.3, -0.25) is 4.99 Å². The molecule has 1 rings (SSSR count). The van der Waals surface area contributed by atoms with E-state index in [1.165, 1.54) is 0 Å². The van der Waals surface area contributed by atoms with Crippen molar-refractivity contribution in [3.05, 3.63) is 29.8 Å². The first kappa shape index (κ1) is 10.7. The lowest BCUT2D eigenvalue weighted by molar-refractivity contribution is 0.307. The van der Waals surface area contributed by atoms with Crippen LogP contribution in [0.25, 0.3) is 0 Å². The normalized spacial score (nSPS) is 10.8. The molecule has 0 saturated heterocycles.